The van der Waals surface area contributed by atoms with Gasteiger partial charge in [0, 0.05) is 7.05 Å². The summed E-state index contributed by atoms with van der Waals surface area (Å²) >= 11 is 0. The highest BCUT2D eigenvalue weighted by Gasteiger charge is 2.67. The molecule has 1 aromatic rings. The van der Waals surface area contributed by atoms with Crippen LogP contribution in [0.2, 0.25) is 0 Å². The lowest BCUT2D eigenvalue weighted by Crippen LogP contribution is -2.57. The van der Waals surface area contributed by atoms with Crippen LogP contribution in [0, 0.1) is 5.82 Å². The number of aliphatic hydroxyl groups excluding tert-OH is 1. The van der Waals surface area contributed by atoms with Crippen molar-refractivity contribution in [3.05, 3.63) is 35.6 Å². The zero-order valence-electron chi connectivity index (χ0n) is 11.0. The number of benzene rings is 1. The first-order valence-corrected chi connectivity index (χ1v) is 5.57. The first kappa shape index (κ1) is 17.3. The molecule has 1 rings (SSSR count). The van der Waals surface area contributed by atoms with Crippen molar-refractivity contribution in [2.24, 2.45) is 0 Å². The number of hydrogen-bond donors (Lipinski definition) is 1. The molecule has 0 bridgehead atoms. The van der Waals surface area contributed by atoms with E-state index in [4.69, 9.17) is 0 Å². The van der Waals surface area contributed by atoms with E-state index >= 15 is 0 Å². The number of hydrogen-bond acceptors (Lipinski definition) is 3. The van der Waals surface area contributed by atoms with Gasteiger partial charge in [-0.2, -0.15) is 13.2 Å². The molecular weight excluding hydrogens is 301 g/mol. The highest BCUT2D eigenvalue weighted by Crippen LogP contribution is 2.44. The Bertz CT molecular complexity index is 505. The SMILES string of the molecule is CON(C)C(=O)[C@@](F)([C@H](O)c1ccc(F)cc1)C(F)(F)F. The third kappa shape index (κ3) is 3.13. The van der Waals surface area contributed by atoms with Gasteiger partial charge in [0.25, 0.3) is 5.91 Å². The zero-order valence-corrected chi connectivity index (χ0v) is 11.0. The van der Waals surface area contributed by atoms with Crippen LogP contribution in [0.4, 0.5) is 22.0 Å². The van der Waals surface area contributed by atoms with E-state index in [0.29, 0.717) is 0 Å². The van der Waals surface area contributed by atoms with Crippen molar-refractivity contribution in [3.8, 4) is 0 Å². The van der Waals surface area contributed by atoms with Gasteiger partial charge in [-0.15, -0.1) is 0 Å². The van der Waals surface area contributed by atoms with Gasteiger partial charge in [-0.05, 0) is 17.7 Å². The molecule has 1 aromatic carbocycles. The van der Waals surface area contributed by atoms with Gasteiger partial charge >= 0.3 is 11.8 Å². The van der Waals surface area contributed by atoms with Crippen molar-refractivity contribution in [1.82, 2.24) is 5.06 Å². The van der Waals surface area contributed by atoms with Crippen LogP contribution in [0.25, 0.3) is 0 Å². The lowest BCUT2D eigenvalue weighted by molar-refractivity contribution is -0.269. The van der Waals surface area contributed by atoms with Crippen molar-refractivity contribution in [1.29, 1.82) is 0 Å². The summed E-state index contributed by atoms with van der Waals surface area (Å²) in [4.78, 5) is 15.8. The molecule has 2 atom stereocenters. The van der Waals surface area contributed by atoms with Crippen LogP contribution in [0.5, 0.6) is 0 Å². The maximum absolute atomic E-state index is 14.4. The van der Waals surface area contributed by atoms with E-state index in [2.05, 4.69) is 4.84 Å². The van der Waals surface area contributed by atoms with Gasteiger partial charge in [0.2, 0.25) is 0 Å². The summed E-state index contributed by atoms with van der Waals surface area (Å²) in [6.07, 6.45) is -8.58. The number of hydroxylamine groups is 2. The molecule has 4 nitrogen and oxygen atoms in total. The molecule has 0 saturated carbocycles. The minimum absolute atomic E-state index is 0.0141. The number of nitrogens with zero attached hydrogens (tertiary/aromatic N) is 1. The predicted octanol–water partition coefficient (Wildman–Crippen LogP) is 2.15. The number of amides is 1. The number of alkyl halides is 4. The third-order valence-electron chi connectivity index (χ3n) is 2.85. The van der Waals surface area contributed by atoms with E-state index < -0.39 is 35.2 Å². The van der Waals surface area contributed by atoms with Gasteiger partial charge in [-0.1, -0.05) is 12.1 Å². The first-order valence-electron chi connectivity index (χ1n) is 5.57. The second-order valence-electron chi connectivity index (χ2n) is 4.15. The molecule has 0 radical (unpaired) electrons. The minimum Gasteiger partial charge on any atom is -0.384 e. The van der Waals surface area contributed by atoms with Crippen LogP contribution in [-0.4, -0.2) is 42.1 Å². The van der Waals surface area contributed by atoms with Gasteiger partial charge < -0.3 is 5.11 Å². The topological polar surface area (TPSA) is 49.8 Å². The normalized spacial score (nSPS) is 16.2. The molecule has 1 N–H and O–H groups in total. The largest absolute Gasteiger partial charge is 0.434 e. The molecule has 9 heteroatoms. The van der Waals surface area contributed by atoms with Gasteiger partial charge in [-0.3, -0.25) is 9.63 Å². The monoisotopic (exact) mass is 313 g/mol. The van der Waals surface area contributed by atoms with E-state index in [9.17, 15) is 31.9 Å². The molecule has 0 aromatic heterocycles. The molecule has 118 valence electrons. The van der Waals surface area contributed by atoms with Crippen molar-refractivity contribution < 1.29 is 36.7 Å². The van der Waals surface area contributed by atoms with Crippen LogP contribution in [0.3, 0.4) is 0 Å². The van der Waals surface area contributed by atoms with Gasteiger partial charge in [-0.25, -0.2) is 13.8 Å². The Kier molecular flexibility index (Phi) is 4.90. The second-order valence-corrected chi connectivity index (χ2v) is 4.15. The van der Waals surface area contributed by atoms with Crippen LogP contribution in [0.15, 0.2) is 24.3 Å². The van der Waals surface area contributed by atoms with E-state index in [1.165, 1.54) is 0 Å². The molecule has 0 saturated heterocycles. The number of aliphatic hydroxyl groups is 1. The maximum Gasteiger partial charge on any atom is 0.434 e. The lowest BCUT2D eigenvalue weighted by Gasteiger charge is -2.33. The summed E-state index contributed by atoms with van der Waals surface area (Å²) in [5, 5.41) is 9.67. The smallest absolute Gasteiger partial charge is 0.384 e. The van der Waals surface area contributed by atoms with Crippen LogP contribution >= 0.6 is 0 Å². The van der Waals surface area contributed by atoms with Gasteiger partial charge in [0.05, 0.1) is 7.11 Å². The molecule has 0 fully saturated rings. The molecule has 21 heavy (non-hydrogen) atoms. The maximum atomic E-state index is 14.4. The van der Waals surface area contributed by atoms with Crippen molar-refractivity contribution in [2.45, 2.75) is 17.9 Å². The average molecular weight is 313 g/mol. The highest BCUT2D eigenvalue weighted by atomic mass is 19.4. The summed E-state index contributed by atoms with van der Waals surface area (Å²) in [5.41, 5.74) is -5.23. The number of rotatable bonds is 4. The van der Waals surface area contributed by atoms with Crippen LogP contribution in [-0.2, 0) is 9.63 Å². The third-order valence-corrected chi connectivity index (χ3v) is 2.85. The predicted molar refractivity (Wildman–Crippen MR) is 61.0 cm³/mol. The molecule has 0 unspecified atom stereocenters. The summed E-state index contributed by atoms with van der Waals surface area (Å²) in [6.45, 7) is 0. The molecular formula is C12H12F5NO3. The summed E-state index contributed by atoms with van der Waals surface area (Å²) in [6, 6.07) is 2.97. The standard InChI is InChI=1S/C12H12F5NO3/c1-18(21-2)10(20)11(14,12(15,16)17)9(19)7-3-5-8(13)6-4-7/h3-6,9,19H,1-2H3/t9-,11+/m1/s1. The lowest BCUT2D eigenvalue weighted by atomic mass is 9.91. The molecule has 0 aliphatic heterocycles. The average Bonchev–Trinajstić information content (AvgIpc) is 2.43. The number of halogens is 5. The molecule has 1 amide bonds. The molecule has 0 aliphatic carbocycles. The summed E-state index contributed by atoms with van der Waals surface area (Å²) in [7, 11) is 1.62. The minimum atomic E-state index is -5.70. The van der Waals surface area contributed by atoms with Crippen LogP contribution in [0.1, 0.15) is 11.7 Å². The number of carbonyl (C=O) groups excluding carboxylic acids is 1. The summed E-state index contributed by atoms with van der Waals surface area (Å²) < 4.78 is 66.0. The Morgan fingerprint density at radius 3 is 2.10 bits per heavy atom. The van der Waals surface area contributed by atoms with Crippen molar-refractivity contribution >= 4 is 5.91 Å². The van der Waals surface area contributed by atoms with E-state index in [-0.39, 0.29) is 5.06 Å². The Hall–Kier alpha value is -1.74. The fraction of sp³-hybridized carbons (Fsp3) is 0.417. The first-order chi connectivity index (χ1) is 9.55. The van der Waals surface area contributed by atoms with Gasteiger partial charge in [0.15, 0.2) is 0 Å². The van der Waals surface area contributed by atoms with Crippen molar-refractivity contribution in [2.75, 3.05) is 14.2 Å². The van der Waals surface area contributed by atoms with Gasteiger partial charge in [0.1, 0.15) is 11.9 Å². The second kappa shape index (κ2) is 5.94. The fourth-order valence-electron chi connectivity index (χ4n) is 1.58. The van der Waals surface area contributed by atoms with Crippen molar-refractivity contribution in [3.63, 3.8) is 0 Å². The van der Waals surface area contributed by atoms with Crippen LogP contribution < -0.4 is 0 Å². The van der Waals surface area contributed by atoms with E-state index in [1.54, 1.807) is 0 Å². The Balaban J connectivity index is 3.31. The van der Waals surface area contributed by atoms with E-state index in [0.717, 1.165) is 38.4 Å². The number of carbonyl (C=O) groups is 1. The Morgan fingerprint density at radius 2 is 1.71 bits per heavy atom. The quantitative estimate of drug-likeness (QED) is 0.684. The Labute approximate surface area is 116 Å². The molecule has 0 spiro atoms. The fourth-order valence-corrected chi connectivity index (χ4v) is 1.58. The molecule has 0 aliphatic rings. The molecule has 0 heterocycles. The Morgan fingerprint density at radius 1 is 1.24 bits per heavy atom. The van der Waals surface area contributed by atoms with E-state index in [1.807, 2.05) is 0 Å². The zero-order chi connectivity index (χ0) is 16.4. The summed E-state index contributed by atoms with van der Waals surface area (Å²) in [5.74, 6) is -2.92. The highest BCUT2D eigenvalue weighted by molar-refractivity contribution is 5.86.